The van der Waals surface area contributed by atoms with Gasteiger partial charge in [0, 0.05) is 10.2 Å². The zero-order valence-electron chi connectivity index (χ0n) is 10.1. The molecular weight excluding hydrogens is 296 g/mol. The van der Waals surface area contributed by atoms with Gasteiger partial charge < -0.3 is 9.67 Å². The predicted octanol–water partition coefficient (Wildman–Crippen LogP) is 2.88. The highest BCUT2D eigenvalue weighted by Gasteiger charge is 2.15. The molecule has 0 atom stereocenters. The first kappa shape index (κ1) is 12.8. The Morgan fingerprint density at radius 1 is 1.44 bits per heavy atom. The quantitative estimate of drug-likeness (QED) is 0.948. The number of aliphatic carboxylic acids is 1. The Labute approximate surface area is 113 Å². The van der Waals surface area contributed by atoms with Gasteiger partial charge in [-0.05, 0) is 32.0 Å². The molecule has 1 heterocycles. The number of benzene rings is 1. The Morgan fingerprint density at radius 2 is 2.17 bits per heavy atom. The van der Waals surface area contributed by atoms with Gasteiger partial charge in [-0.3, -0.25) is 4.79 Å². The molecule has 0 saturated carbocycles. The van der Waals surface area contributed by atoms with Gasteiger partial charge in [0.25, 0.3) is 0 Å². The molecule has 94 valence electrons. The Bertz CT molecular complexity index is 605. The van der Waals surface area contributed by atoms with E-state index < -0.39 is 5.97 Å². The fraction of sp³-hybridized carbons (Fsp3) is 0.231. The van der Waals surface area contributed by atoms with Crippen molar-refractivity contribution in [2.24, 2.45) is 0 Å². The number of halogens is 1. The second-order valence-corrected chi connectivity index (χ2v) is 4.99. The molecule has 0 saturated heterocycles. The van der Waals surface area contributed by atoms with Crippen LogP contribution in [0.5, 0.6) is 0 Å². The van der Waals surface area contributed by atoms with Gasteiger partial charge in [-0.15, -0.1) is 0 Å². The highest BCUT2D eigenvalue weighted by atomic mass is 79.9. The van der Waals surface area contributed by atoms with E-state index in [1.807, 2.05) is 42.7 Å². The molecule has 0 aliphatic rings. The molecule has 2 aromatic rings. The lowest BCUT2D eigenvalue weighted by atomic mass is 10.2. The summed E-state index contributed by atoms with van der Waals surface area (Å²) in [6.07, 6.45) is -0.0286. The molecule has 5 heteroatoms. The second-order valence-electron chi connectivity index (χ2n) is 4.08. The van der Waals surface area contributed by atoms with E-state index in [2.05, 4.69) is 20.9 Å². The number of carboxylic acids is 1. The smallest absolute Gasteiger partial charge is 0.309 e. The van der Waals surface area contributed by atoms with Crippen molar-refractivity contribution >= 4 is 21.9 Å². The van der Waals surface area contributed by atoms with Crippen LogP contribution in [0.4, 0.5) is 0 Å². The Hall–Kier alpha value is -1.62. The minimum absolute atomic E-state index is 0.0286. The van der Waals surface area contributed by atoms with Gasteiger partial charge in [0.15, 0.2) is 0 Å². The van der Waals surface area contributed by atoms with Gasteiger partial charge in [-0.1, -0.05) is 22.0 Å². The van der Waals surface area contributed by atoms with E-state index in [0.717, 1.165) is 27.4 Å². The molecule has 0 amide bonds. The number of aromatic nitrogens is 2. The first-order chi connectivity index (χ1) is 8.49. The summed E-state index contributed by atoms with van der Waals surface area (Å²) in [6, 6.07) is 7.72. The molecule has 0 radical (unpaired) electrons. The first-order valence-corrected chi connectivity index (χ1v) is 6.31. The molecule has 0 spiro atoms. The van der Waals surface area contributed by atoms with Crippen LogP contribution in [-0.2, 0) is 11.2 Å². The largest absolute Gasteiger partial charge is 0.481 e. The van der Waals surface area contributed by atoms with Crippen molar-refractivity contribution < 1.29 is 9.90 Å². The van der Waals surface area contributed by atoms with E-state index >= 15 is 0 Å². The molecule has 0 bridgehead atoms. The van der Waals surface area contributed by atoms with Gasteiger partial charge in [0.2, 0.25) is 0 Å². The van der Waals surface area contributed by atoms with Crippen molar-refractivity contribution in [1.29, 1.82) is 0 Å². The van der Waals surface area contributed by atoms with Crippen LogP contribution in [0.1, 0.15) is 17.2 Å². The standard InChI is InChI=1S/C13H13BrN2O2/c1-8-12(7-13(17)18)16(9(2)15-8)11-5-3-4-10(14)6-11/h3-6H,7H2,1-2H3,(H,17,18). The first-order valence-electron chi connectivity index (χ1n) is 5.51. The van der Waals surface area contributed by atoms with Crippen LogP contribution in [0.2, 0.25) is 0 Å². The summed E-state index contributed by atoms with van der Waals surface area (Å²) < 4.78 is 2.83. The van der Waals surface area contributed by atoms with Gasteiger partial charge in [-0.25, -0.2) is 4.98 Å². The molecule has 0 aliphatic carbocycles. The topological polar surface area (TPSA) is 55.1 Å². The van der Waals surface area contributed by atoms with E-state index in [9.17, 15) is 4.79 Å². The molecule has 1 aromatic carbocycles. The number of carbonyl (C=O) groups is 1. The SMILES string of the molecule is Cc1nc(C)n(-c2cccc(Br)c2)c1CC(=O)O. The highest BCUT2D eigenvalue weighted by molar-refractivity contribution is 9.10. The van der Waals surface area contributed by atoms with Gasteiger partial charge in [0.1, 0.15) is 5.82 Å². The number of hydrogen-bond acceptors (Lipinski definition) is 2. The van der Waals surface area contributed by atoms with E-state index in [1.54, 1.807) is 0 Å². The molecule has 18 heavy (non-hydrogen) atoms. The van der Waals surface area contributed by atoms with E-state index in [-0.39, 0.29) is 6.42 Å². The van der Waals surface area contributed by atoms with Gasteiger partial charge in [0.05, 0.1) is 17.8 Å². The molecular formula is C13H13BrN2O2. The molecule has 4 nitrogen and oxygen atoms in total. The number of rotatable bonds is 3. The van der Waals surface area contributed by atoms with Crippen molar-refractivity contribution in [2.75, 3.05) is 0 Å². The third kappa shape index (κ3) is 2.46. The molecule has 2 rings (SSSR count). The highest BCUT2D eigenvalue weighted by Crippen LogP contribution is 2.21. The van der Waals surface area contributed by atoms with Gasteiger partial charge in [-0.2, -0.15) is 0 Å². The van der Waals surface area contributed by atoms with Crippen molar-refractivity contribution in [3.05, 3.63) is 46.0 Å². The third-order valence-corrected chi connectivity index (χ3v) is 3.22. The lowest BCUT2D eigenvalue weighted by Gasteiger charge is -2.10. The molecule has 0 aliphatic heterocycles. The lowest BCUT2D eigenvalue weighted by Crippen LogP contribution is -2.09. The maximum absolute atomic E-state index is 10.9. The maximum Gasteiger partial charge on any atom is 0.309 e. The van der Waals surface area contributed by atoms with Crippen LogP contribution in [-0.4, -0.2) is 20.6 Å². The van der Waals surface area contributed by atoms with Crippen LogP contribution in [0.15, 0.2) is 28.7 Å². The summed E-state index contributed by atoms with van der Waals surface area (Å²) in [5.74, 6) is -0.0592. The number of aryl methyl sites for hydroxylation is 2. The number of carboxylic acid groups (broad SMARTS) is 1. The number of hydrogen-bond donors (Lipinski definition) is 1. The number of imidazole rings is 1. The Balaban J connectivity index is 2.59. The van der Waals surface area contributed by atoms with Crippen molar-refractivity contribution in [3.63, 3.8) is 0 Å². The summed E-state index contributed by atoms with van der Waals surface area (Å²) in [6.45, 7) is 3.71. The minimum atomic E-state index is -0.853. The van der Waals surface area contributed by atoms with E-state index in [1.165, 1.54) is 0 Å². The summed E-state index contributed by atoms with van der Waals surface area (Å²) in [5.41, 5.74) is 2.40. The molecule has 1 N–H and O–H groups in total. The van der Waals surface area contributed by atoms with Gasteiger partial charge >= 0.3 is 5.97 Å². The zero-order valence-corrected chi connectivity index (χ0v) is 11.7. The summed E-state index contributed by atoms with van der Waals surface area (Å²) in [5, 5.41) is 8.98. The fourth-order valence-electron chi connectivity index (χ4n) is 2.02. The van der Waals surface area contributed by atoms with E-state index in [4.69, 9.17) is 5.11 Å². The molecule has 0 unspecified atom stereocenters. The van der Waals surface area contributed by atoms with Crippen LogP contribution in [0.25, 0.3) is 5.69 Å². The average Bonchev–Trinajstić information content (AvgIpc) is 2.53. The zero-order chi connectivity index (χ0) is 13.3. The van der Waals surface area contributed by atoms with Crippen molar-refractivity contribution in [1.82, 2.24) is 9.55 Å². The maximum atomic E-state index is 10.9. The minimum Gasteiger partial charge on any atom is -0.481 e. The van der Waals surface area contributed by atoms with Crippen LogP contribution < -0.4 is 0 Å². The lowest BCUT2D eigenvalue weighted by molar-refractivity contribution is -0.136. The van der Waals surface area contributed by atoms with Crippen LogP contribution >= 0.6 is 15.9 Å². The summed E-state index contributed by atoms with van der Waals surface area (Å²) >= 11 is 3.42. The van der Waals surface area contributed by atoms with Crippen LogP contribution in [0, 0.1) is 13.8 Å². The Kier molecular flexibility index (Phi) is 3.52. The Morgan fingerprint density at radius 3 is 2.78 bits per heavy atom. The third-order valence-electron chi connectivity index (χ3n) is 2.73. The summed E-state index contributed by atoms with van der Waals surface area (Å²) in [7, 11) is 0. The average molecular weight is 309 g/mol. The normalized spacial score (nSPS) is 10.6. The monoisotopic (exact) mass is 308 g/mol. The van der Waals surface area contributed by atoms with Crippen LogP contribution in [0.3, 0.4) is 0 Å². The van der Waals surface area contributed by atoms with Crippen molar-refractivity contribution in [2.45, 2.75) is 20.3 Å². The fourth-order valence-corrected chi connectivity index (χ4v) is 2.41. The van der Waals surface area contributed by atoms with Crippen molar-refractivity contribution in [3.8, 4) is 5.69 Å². The molecule has 0 fully saturated rings. The molecule has 1 aromatic heterocycles. The second kappa shape index (κ2) is 4.94. The van der Waals surface area contributed by atoms with E-state index in [0.29, 0.717) is 0 Å². The summed E-state index contributed by atoms with van der Waals surface area (Å²) in [4.78, 5) is 15.3. The predicted molar refractivity (Wildman–Crippen MR) is 72.1 cm³/mol. The number of nitrogens with zero attached hydrogens (tertiary/aromatic N) is 2.